The van der Waals surface area contributed by atoms with Crippen LogP contribution >= 0.6 is 0 Å². The third kappa shape index (κ3) is 3.07. The molecule has 0 amide bonds. The van der Waals surface area contributed by atoms with Crippen molar-refractivity contribution in [3.8, 4) is 11.1 Å². The first kappa shape index (κ1) is 21.5. The Bertz CT molecular complexity index is 1350. The molecule has 0 aliphatic heterocycles. The van der Waals surface area contributed by atoms with Gasteiger partial charge < -0.3 is 0 Å². The number of benzene rings is 2. The van der Waals surface area contributed by atoms with Crippen molar-refractivity contribution in [3.63, 3.8) is 0 Å². The lowest BCUT2D eigenvalue weighted by Crippen LogP contribution is -2.36. The highest BCUT2D eigenvalue weighted by molar-refractivity contribution is 5.96. The zero-order chi connectivity index (χ0) is 23.8. The zero-order valence-corrected chi connectivity index (χ0v) is 20.5. The molecule has 6 rings (SSSR count). The molecule has 172 valence electrons. The van der Waals surface area contributed by atoms with Gasteiger partial charge in [0, 0.05) is 28.3 Å². The molecule has 3 aromatic rings. The average molecular weight is 450 g/mol. The minimum atomic E-state index is -1.42. The molecular formula is C32H32FN. The van der Waals surface area contributed by atoms with Crippen molar-refractivity contribution < 1.29 is 4.39 Å². The van der Waals surface area contributed by atoms with Crippen molar-refractivity contribution in [2.24, 2.45) is 5.41 Å². The van der Waals surface area contributed by atoms with Crippen LogP contribution in [0.1, 0.15) is 91.6 Å². The first-order chi connectivity index (χ1) is 16.2. The number of aromatic nitrogens is 1. The monoisotopic (exact) mass is 449 g/mol. The van der Waals surface area contributed by atoms with E-state index in [2.05, 4.69) is 56.5 Å². The second kappa shape index (κ2) is 7.25. The summed E-state index contributed by atoms with van der Waals surface area (Å²) in [6.07, 6.45) is 5.87. The lowest BCUT2D eigenvalue weighted by atomic mass is 9.59. The summed E-state index contributed by atoms with van der Waals surface area (Å²) in [6.45, 7) is 14.6. The van der Waals surface area contributed by atoms with E-state index in [9.17, 15) is 0 Å². The van der Waals surface area contributed by atoms with E-state index < -0.39 is 5.67 Å². The van der Waals surface area contributed by atoms with E-state index in [1.54, 1.807) is 13.8 Å². The Kier molecular flexibility index (Phi) is 4.59. The SMILES string of the molecule is C=C1CC2(CCC2)Cc2nc3c(c(-c4ccccc4)c21)C(=C)c1ccc(C(C)(C)F)c(c1)C3C. The summed E-state index contributed by atoms with van der Waals surface area (Å²) in [5, 5.41) is 0. The molecule has 1 heterocycles. The van der Waals surface area contributed by atoms with Gasteiger partial charge in [0.15, 0.2) is 0 Å². The maximum Gasteiger partial charge on any atom is 0.130 e. The van der Waals surface area contributed by atoms with Crippen LogP contribution in [0.15, 0.2) is 61.7 Å². The van der Waals surface area contributed by atoms with Crippen molar-refractivity contribution in [3.05, 3.63) is 101 Å². The highest BCUT2D eigenvalue weighted by Gasteiger charge is 2.44. The largest absolute Gasteiger partial charge is 0.256 e. The third-order valence-corrected chi connectivity index (χ3v) is 8.48. The number of alkyl halides is 1. The van der Waals surface area contributed by atoms with Gasteiger partial charge in [0.2, 0.25) is 0 Å². The minimum absolute atomic E-state index is 0.0282. The maximum atomic E-state index is 15.3. The van der Waals surface area contributed by atoms with Gasteiger partial charge in [0.1, 0.15) is 5.67 Å². The number of hydrogen-bond donors (Lipinski definition) is 0. The van der Waals surface area contributed by atoms with Gasteiger partial charge in [-0.2, -0.15) is 0 Å². The summed E-state index contributed by atoms with van der Waals surface area (Å²) in [6, 6.07) is 16.7. The molecule has 3 aliphatic carbocycles. The van der Waals surface area contributed by atoms with Crippen LogP contribution in [0.5, 0.6) is 0 Å². The summed E-state index contributed by atoms with van der Waals surface area (Å²) >= 11 is 0. The lowest BCUT2D eigenvalue weighted by Gasteiger charge is -2.46. The van der Waals surface area contributed by atoms with Crippen molar-refractivity contribution in [2.45, 2.75) is 64.5 Å². The number of nitrogens with zero attached hydrogens (tertiary/aromatic N) is 1. The number of pyridine rings is 1. The van der Waals surface area contributed by atoms with E-state index in [0.29, 0.717) is 5.41 Å². The standard InChI is InChI=1S/C32H32FN/c1-19-17-32(14-9-15-32)18-26-27(19)29(22-10-7-6-8-11-22)28-20(2)23-12-13-25(31(4,5)33)24(16-23)21(3)30(28)34-26/h6-8,10-13,16,21H,1-2,9,14-15,17-18H2,3-5H3. The van der Waals surface area contributed by atoms with Crippen molar-refractivity contribution in [1.29, 1.82) is 0 Å². The molecule has 0 radical (unpaired) electrons. The fraction of sp³-hybridized carbons (Fsp3) is 0.344. The molecule has 1 aromatic heterocycles. The second-order valence-electron chi connectivity index (χ2n) is 11.2. The van der Waals surface area contributed by atoms with Crippen LogP contribution < -0.4 is 0 Å². The van der Waals surface area contributed by atoms with Gasteiger partial charge in [-0.3, -0.25) is 4.98 Å². The topological polar surface area (TPSA) is 12.9 Å². The Hall–Kier alpha value is -3.00. The summed E-state index contributed by atoms with van der Waals surface area (Å²) in [7, 11) is 0. The normalized spacial score (nSPS) is 20.4. The Morgan fingerprint density at radius 1 is 0.941 bits per heavy atom. The Labute approximate surface area is 202 Å². The van der Waals surface area contributed by atoms with Crippen molar-refractivity contribution >= 4 is 11.1 Å². The molecule has 3 aliphatic rings. The van der Waals surface area contributed by atoms with E-state index in [-0.39, 0.29) is 5.92 Å². The quantitative estimate of drug-likeness (QED) is 0.382. The van der Waals surface area contributed by atoms with Crippen molar-refractivity contribution in [2.75, 3.05) is 0 Å². The summed E-state index contributed by atoms with van der Waals surface area (Å²) in [5.74, 6) is -0.0282. The van der Waals surface area contributed by atoms with E-state index in [4.69, 9.17) is 4.98 Å². The molecule has 0 saturated heterocycles. The molecule has 1 fully saturated rings. The highest BCUT2D eigenvalue weighted by Crippen LogP contribution is 2.56. The van der Waals surface area contributed by atoms with Crippen LogP contribution in [-0.4, -0.2) is 4.98 Å². The predicted octanol–water partition coefficient (Wildman–Crippen LogP) is 8.61. The number of halogens is 1. The molecular weight excluding hydrogens is 417 g/mol. The van der Waals surface area contributed by atoms with Gasteiger partial charge in [-0.15, -0.1) is 0 Å². The Balaban J connectivity index is 1.68. The second-order valence-corrected chi connectivity index (χ2v) is 11.2. The van der Waals surface area contributed by atoms with E-state index in [1.165, 1.54) is 47.2 Å². The van der Waals surface area contributed by atoms with Gasteiger partial charge >= 0.3 is 0 Å². The molecule has 34 heavy (non-hydrogen) atoms. The van der Waals surface area contributed by atoms with Gasteiger partial charge in [0.25, 0.3) is 0 Å². The van der Waals surface area contributed by atoms with Gasteiger partial charge in [-0.05, 0) is 78.3 Å². The average Bonchev–Trinajstić information content (AvgIpc) is 2.86. The minimum Gasteiger partial charge on any atom is -0.256 e. The molecule has 1 spiro atoms. The molecule has 1 nitrogen and oxygen atoms in total. The fourth-order valence-corrected chi connectivity index (χ4v) is 6.61. The van der Waals surface area contributed by atoms with Crippen LogP contribution in [0.3, 0.4) is 0 Å². The Morgan fingerprint density at radius 3 is 2.32 bits per heavy atom. The van der Waals surface area contributed by atoms with Crippen LogP contribution in [0.2, 0.25) is 0 Å². The molecule has 1 unspecified atom stereocenters. The maximum absolute atomic E-state index is 15.3. The summed E-state index contributed by atoms with van der Waals surface area (Å²) in [5.41, 5.74) is 10.8. The Morgan fingerprint density at radius 2 is 1.68 bits per heavy atom. The smallest absolute Gasteiger partial charge is 0.130 e. The highest BCUT2D eigenvalue weighted by atomic mass is 19.1. The molecule has 2 bridgehead atoms. The molecule has 2 aromatic carbocycles. The first-order valence-electron chi connectivity index (χ1n) is 12.5. The molecule has 1 saturated carbocycles. The predicted molar refractivity (Wildman–Crippen MR) is 140 cm³/mol. The first-order valence-corrected chi connectivity index (χ1v) is 12.5. The lowest BCUT2D eigenvalue weighted by molar-refractivity contribution is 0.134. The number of rotatable bonds is 2. The van der Waals surface area contributed by atoms with E-state index in [1.807, 2.05) is 12.1 Å². The zero-order valence-electron chi connectivity index (χ0n) is 20.5. The van der Waals surface area contributed by atoms with Gasteiger partial charge in [-0.1, -0.05) is 75.0 Å². The van der Waals surface area contributed by atoms with E-state index in [0.717, 1.165) is 46.4 Å². The van der Waals surface area contributed by atoms with Gasteiger partial charge in [0.05, 0.1) is 5.69 Å². The molecule has 2 heteroatoms. The fourth-order valence-electron chi connectivity index (χ4n) is 6.61. The molecule has 0 N–H and O–H groups in total. The number of allylic oxidation sites excluding steroid dienone is 1. The van der Waals surface area contributed by atoms with Crippen LogP contribution in [0, 0.1) is 5.41 Å². The molecule has 1 atom stereocenters. The number of fused-ring (bicyclic) bond motifs is 4. The third-order valence-electron chi connectivity index (χ3n) is 8.48. The van der Waals surface area contributed by atoms with Crippen LogP contribution in [0.25, 0.3) is 22.3 Å². The van der Waals surface area contributed by atoms with Gasteiger partial charge in [-0.25, -0.2) is 4.39 Å². The summed E-state index contributed by atoms with van der Waals surface area (Å²) in [4.78, 5) is 5.40. The van der Waals surface area contributed by atoms with Crippen molar-refractivity contribution in [1.82, 2.24) is 4.98 Å². The van der Waals surface area contributed by atoms with Crippen LogP contribution in [-0.2, 0) is 12.1 Å². The number of hydrogen-bond acceptors (Lipinski definition) is 1. The summed E-state index contributed by atoms with van der Waals surface area (Å²) < 4.78 is 15.3. The van der Waals surface area contributed by atoms with E-state index >= 15 is 4.39 Å². The van der Waals surface area contributed by atoms with Crippen LogP contribution in [0.4, 0.5) is 4.39 Å².